The molecule has 13 rings (SSSR count). The van der Waals surface area contributed by atoms with Crippen molar-refractivity contribution < 1.29 is 0 Å². The van der Waals surface area contributed by atoms with Gasteiger partial charge in [-0.25, -0.2) is 0 Å². The van der Waals surface area contributed by atoms with Gasteiger partial charge >= 0.3 is 0 Å². The fourth-order valence-electron chi connectivity index (χ4n) is 12.2. The molecule has 0 amide bonds. The molecule has 0 N–H and O–H groups in total. The van der Waals surface area contributed by atoms with Crippen LogP contribution in [0.4, 0.5) is 51.2 Å². The number of nitrogens with zero attached hydrogens (tertiary/aromatic N) is 4. The molecule has 3 heterocycles. The van der Waals surface area contributed by atoms with Gasteiger partial charge in [-0.15, -0.1) is 0 Å². The summed E-state index contributed by atoms with van der Waals surface area (Å²) in [6.45, 7) is 13.9. The maximum absolute atomic E-state index is 2.72. The third-order valence-corrected chi connectivity index (χ3v) is 15.8. The molecule has 10 aromatic rings. The number of aromatic nitrogens is 1. The lowest BCUT2D eigenvalue weighted by molar-refractivity contribution is 0.590. The second-order valence-corrected chi connectivity index (χ2v) is 22.4. The summed E-state index contributed by atoms with van der Waals surface area (Å²) in [5.41, 5.74) is 23.9. The molecule has 5 heteroatoms. The highest BCUT2D eigenvalue weighted by molar-refractivity contribution is 7.00. The third kappa shape index (κ3) is 7.51. The van der Waals surface area contributed by atoms with E-state index in [1.807, 2.05) is 0 Å². The lowest BCUT2D eigenvalue weighted by Crippen LogP contribution is -2.63. The van der Waals surface area contributed by atoms with Crippen molar-refractivity contribution >= 4 is 85.2 Å². The van der Waals surface area contributed by atoms with E-state index >= 15 is 0 Å². The monoisotopic (exact) mass is 944 g/mol. The van der Waals surface area contributed by atoms with Crippen LogP contribution in [0.2, 0.25) is 0 Å². The van der Waals surface area contributed by atoms with Crippen molar-refractivity contribution in [3.63, 3.8) is 0 Å². The van der Waals surface area contributed by atoms with Gasteiger partial charge in [-0.2, -0.15) is 0 Å². The average Bonchev–Trinajstić information content (AvgIpc) is 3.76. The van der Waals surface area contributed by atoms with E-state index in [1.54, 1.807) is 0 Å². The maximum Gasteiger partial charge on any atom is 0.273 e. The minimum absolute atomic E-state index is 0.0254. The van der Waals surface area contributed by atoms with Crippen LogP contribution in [0.5, 0.6) is 0 Å². The number of anilines is 9. The van der Waals surface area contributed by atoms with Gasteiger partial charge in [0, 0.05) is 62.2 Å². The first-order valence-corrected chi connectivity index (χ1v) is 26.3. The minimum Gasteiger partial charge on any atom is -0.323 e. The topological polar surface area (TPSA) is 14.7 Å². The van der Waals surface area contributed by atoms with E-state index in [2.05, 4.69) is 273 Å². The Morgan fingerprint density at radius 3 is 1.74 bits per heavy atom. The molecule has 356 valence electrons. The van der Waals surface area contributed by atoms with Gasteiger partial charge in [-0.05, 0) is 160 Å². The Morgan fingerprint density at radius 2 is 1.03 bits per heavy atom. The number of hydrogen-bond acceptors (Lipinski definition) is 3. The Morgan fingerprint density at radius 1 is 0.452 bits per heavy atom. The number of hydrogen-bond donors (Lipinski definition) is 0. The molecule has 0 fully saturated rings. The second kappa shape index (κ2) is 17.3. The molecule has 0 atom stereocenters. The van der Waals surface area contributed by atoms with Crippen LogP contribution in [0.1, 0.15) is 76.8 Å². The van der Waals surface area contributed by atoms with E-state index in [0.717, 1.165) is 35.6 Å². The molecule has 0 unspecified atom stereocenters. The predicted octanol–water partition coefficient (Wildman–Crippen LogP) is 16.3. The summed E-state index contributed by atoms with van der Waals surface area (Å²) in [5, 5.41) is 2.43. The zero-order valence-corrected chi connectivity index (χ0v) is 42.9. The van der Waals surface area contributed by atoms with Crippen molar-refractivity contribution in [2.75, 3.05) is 14.7 Å². The standard InChI is InChI=1S/C68H61BN4/c1-67(2,3)49-36-38-53(39-37-49)70(59-35-21-25-47-24-16-17-32-56(47)59)55-40-41-58-61(45-55)71(51-27-12-8-13-28-51)62-43-50(68(4,5)6)44-63-64(62)69(58)66-65(72(63)52-29-14-9-15-30-52)57-33-18-19-34-60(57)73(66)54-31-20-26-48(42-54)46-22-10-7-11-23-46/h7-17,20-32,35-45H,18-19,33-34H2,1-6H3. The molecular weight excluding hydrogens is 884 g/mol. The normalized spacial score (nSPS) is 13.9. The minimum atomic E-state index is -0.137. The van der Waals surface area contributed by atoms with E-state index in [4.69, 9.17) is 0 Å². The van der Waals surface area contributed by atoms with Gasteiger partial charge < -0.3 is 19.3 Å². The van der Waals surface area contributed by atoms with Crippen LogP contribution in [0.25, 0.3) is 27.6 Å². The second-order valence-electron chi connectivity index (χ2n) is 22.4. The Bertz CT molecular complexity index is 3710. The summed E-state index contributed by atoms with van der Waals surface area (Å²) in [6.07, 6.45) is 4.40. The molecule has 1 aliphatic carbocycles. The van der Waals surface area contributed by atoms with Gasteiger partial charge in [-0.3, -0.25) is 0 Å². The lowest BCUT2D eigenvalue weighted by atomic mass is 9.34. The van der Waals surface area contributed by atoms with Crippen LogP contribution >= 0.6 is 0 Å². The van der Waals surface area contributed by atoms with E-state index in [1.165, 1.54) is 108 Å². The fourth-order valence-corrected chi connectivity index (χ4v) is 12.2. The Hall–Kier alpha value is -8.02. The highest BCUT2D eigenvalue weighted by Gasteiger charge is 2.48. The summed E-state index contributed by atoms with van der Waals surface area (Å²) < 4.78 is 2.72. The van der Waals surface area contributed by atoms with Crippen molar-refractivity contribution in [3.05, 3.63) is 235 Å². The molecule has 0 saturated heterocycles. The van der Waals surface area contributed by atoms with Gasteiger partial charge in [0.15, 0.2) is 0 Å². The zero-order chi connectivity index (χ0) is 49.6. The number of benzene rings is 9. The maximum atomic E-state index is 2.72. The first-order chi connectivity index (χ1) is 35.5. The van der Waals surface area contributed by atoms with Crippen LogP contribution in [0.3, 0.4) is 0 Å². The highest BCUT2D eigenvalue weighted by atomic mass is 15.2. The van der Waals surface area contributed by atoms with Gasteiger partial charge in [0.25, 0.3) is 6.71 Å². The SMILES string of the molecule is CC(C)(C)c1ccc(N(c2ccc3c(c2)N(c2ccccc2)c2cc(C(C)(C)C)cc4c2B3c2c(c3c(n2-c2cccc(-c5ccccc5)c2)CCCC3)N4c2ccccc2)c2cccc3ccccc23)cc1. The van der Waals surface area contributed by atoms with E-state index in [9.17, 15) is 0 Å². The fraction of sp³-hybridized carbons (Fsp3) is 0.176. The number of fused-ring (bicyclic) bond motifs is 7. The first-order valence-electron chi connectivity index (χ1n) is 26.3. The van der Waals surface area contributed by atoms with Gasteiger partial charge in [0.1, 0.15) is 0 Å². The Labute approximate surface area is 431 Å². The Kier molecular flexibility index (Phi) is 10.7. The molecule has 2 aliphatic heterocycles. The van der Waals surface area contributed by atoms with Gasteiger partial charge in [0.2, 0.25) is 0 Å². The summed E-state index contributed by atoms with van der Waals surface area (Å²) in [7, 11) is 0. The summed E-state index contributed by atoms with van der Waals surface area (Å²) in [5.74, 6) is 0. The molecule has 0 spiro atoms. The van der Waals surface area contributed by atoms with Crippen molar-refractivity contribution in [1.29, 1.82) is 0 Å². The molecule has 0 radical (unpaired) electrons. The van der Waals surface area contributed by atoms with Crippen LogP contribution in [0.15, 0.2) is 212 Å². The number of rotatable bonds is 7. The van der Waals surface area contributed by atoms with Crippen molar-refractivity contribution in [2.45, 2.75) is 78.1 Å². The summed E-state index contributed by atoms with van der Waals surface area (Å²) in [4.78, 5) is 7.74. The molecule has 4 nitrogen and oxygen atoms in total. The van der Waals surface area contributed by atoms with Crippen molar-refractivity contribution in [2.24, 2.45) is 0 Å². The zero-order valence-electron chi connectivity index (χ0n) is 42.9. The molecule has 73 heavy (non-hydrogen) atoms. The average molecular weight is 945 g/mol. The van der Waals surface area contributed by atoms with E-state index in [-0.39, 0.29) is 17.5 Å². The third-order valence-electron chi connectivity index (χ3n) is 15.8. The van der Waals surface area contributed by atoms with Gasteiger partial charge in [0.05, 0.1) is 11.4 Å². The first kappa shape index (κ1) is 44.9. The largest absolute Gasteiger partial charge is 0.323 e. The smallest absolute Gasteiger partial charge is 0.273 e. The van der Waals surface area contributed by atoms with E-state index in [0.29, 0.717) is 0 Å². The van der Waals surface area contributed by atoms with Crippen LogP contribution in [-0.4, -0.2) is 11.3 Å². The van der Waals surface area contributed by atoms with Gasteiger partial charge in [-0.1, -0.05) is 175 Å². The van der Waals surface area contributed by atoms with Crippen LogP contribution < -0.4 is 31.2 Å². The van der Waals surface area contributed by atoms with Crippen molar-refractivity contribution in [3.8, 4) is 16.8 Å². The number of para-hydroxylation sites is 2. The molecule has 3 aliphatic rings. The van der Waals surface area contributed by atoms with Crippen LogP contribution in [-0.2, 0) is 23.7 Å². The van der Waals surface area contributed by atoms with Crippen molar-refractivity contribution in [1.82, 2.24) is 4.57 Å². The Balaban J connectivity index is 1.14. The molecule has 0 saturated carbocycles. The van der Waals surface area contributed by atoms with Crippen LogP contribution in [0, 0.1) is 0 Å². The highest BCUT2D eigenvalue weighted by Crippen LogP contribution is 2.50. The van der Waals surface area contributed by atoms with E-state index < -0.39 is 0 Å². The molecular formula is C68H61BN4. The quantitative estimate of drug-likeness (QED) is 0.148. The molecule has 0 bridgehead atoms. The molecule has 1 aromatic heterocycles. The summed E-state index contributed by atoms with van der Waals surface area (Å²) in [6, 6.07) is 79.8. The predicted molar refractivity (Wildman–Crippen MR) is 311 cm³/mol. The summed E-state index contributed by atoms with van der Waals surface area (Å²) >= 11 is 0. The lowest BCUT2D eigenvalue weighted by Gasteiger charge is -2.45. The molecule has 9 aromatic carbocycles.